The normalized spacial score (nSPS) is 20.2. The van der Waals surface area contributed by atoms with Gasteiger partial charge >= 0.3 is 55.2 Å². The Hall–Kier alpha value is 0.996. The third-order valence-corrected chi connectivity index (χ3v) is 0. The Morgan fingerprint density at radius 1 is 0.625 bits per heavy atom. The van der Waals surface area contributed by atoms with Crippen molar-refractivity contribution in [3.8, 4) is 0 Å². The molecule has 0 fully saturated rings. The Labute approximate surface area is 55.3 Å². The molecule has 0 saturated heterocycles. The van der Waals surface area contributed by atoms with Gasteiger partial charge in [-0.1, -0.05) is 0 Å². The van der Waals surface area contributed by atoms with Crippen molar-refractivity contribution < 1.29 is 35.7 Å². The average Bonchev–Trinajstić information content (AvgIpc) is 0.592. The van der Waals surface area contributed by atoms with E-state index in [1.807, 2.05) is 0 Å². The molecule has 0 aromatic rings. The number of hydrogen-bond donors (Lipinski definition) is 0. The summed E-state index contributed by atoms with van der Waals surface area (Å²) in [4.78, 5) is 0. The van der Waals surface area contributed by atoms with Gasteiger partial charge in [0.1, 0.15) is 0 Å². The van der Waals surface area contributed by atoms with E-state index in [4.69, 9.17) is 0 Å². The van der Waals surface area contributed by atoms with Gasteiger partial charge in [-0.25, -0.2) is 0 Å². The Morgan fingerprint density at radius 2 is 0.625 bits per heavy atom. The van der Waals surface area contributed by atoms with Crippen LogP contribution in [0.2, 0.25) is 0 Å². The topological polar surface area (TPSA) is 0 Å². The molecule has 0 amide bonds. The van der Waals surface area contributed by atoms with Crippen LogP contribution in [0.3, 0.4) is 0 Å². The fourth-order valence-electron chi connectivity index (χ4n) is 0. The molecule has 48 valence electrons. The smallest absolute Gasteiger partial charge is 1.00 e. The van der Waals surface area contributed by atoms with E-state index in [2.05, 4.69) is 0 Å². The first kappa shape index (κ1) is 11.8. The van der Waals surface area contributed by atoms with Gasteiger partial charge in [-0.05, 0) is 0 Å². The Bertz CT molecular complexity index is 67.1. The van der Waals surface area contributed by atoms with Crippen LogP contribution in [0.4, 0.5) is 16.9 Å². The predicted octanol–water partition coefficient (Wildman–Crippen LogP) is -0.856. The molecule has 0 N–H and O–H groups in total. The number of halogens is 6. The second-order valence-electron chi connectivity index (χ2n) is 0.958. The van der Waals surface area contributed by atoms with Gasteiger partial charge in [0.05, 0.1) is 0 Å². The monoisotopic (exact) mass is 242 g/mol. The van der Waals surface area contributed by atoms with Crippen LogP contribution in [0.5, 0.6) is 0 Å². The Kier molecular flexibility index (Phi) is 2.25. The molecule has 0 aromatic carbocycles. The van der Waals surface area contributed by atoms with Gasteiger partial charge in [0, 0.05) is 0 Å². The molecule has 8 heavy (non-hydrogen) atoms. The summed E-state index contributed by atoms with van der Waals surface area (Å²) in [5, 5.41) is 0. The summed E-state index contributed by atoms with van der Waals surface area (Å²) < 4.78 is 59.6. The molecule has 0 atom stereocenters. The summed E-state index contributed by atoms with van der Waals surface area (Å²) in [6.45, 7) is 0. The van der Waals surface area contributed by atoms with Gasteiger partial charge in [0.2, 0.25) is 0 Å². The summed E-state index contributed by atoms with van der Waals surface area (Å²) >= 11 is -11.2. The van der Waals surface area contributed by atoms with E-state index in [9.17, 15) is 16.9 Å². The second-order valence-corrected chi connectivity index (χ2v) is 6.43. The molecule has 0 saturated carbocycles. The van der Waals surface area contributed by atoms with Gasteiger partial charge < -0.3 is 0 Å². The third kappa shape index (κ3) is 254. The fourth-order valence-corrected chi connectivity index (χ4v) is 0. The molecule has 0 unspecified atom stereocenters. The van der Waals surface area contributed by atoms with E-state index < -0.39 is 19.5 Å². The van der Waals surface area contributed by atoms with Crippen LogP contribution in [-0.4, -0.2) is 19.5 Å². The van der Waals surface area contributed by atoms with Gasteiger partial charge in [-0.15, -0.1) is 0 Å². The summed E-state index contributed by atoms with van der Waals surface area (Å²) in [7, 11) is 0. The largest absolute Gasteiger partial charge is 1.00 e. The summed E-state index contributed by atoms with van der Waals surface area (Å²) in [6, 6.07) is 0. The zero-order valence-electron chi connectivity index (χ0n) is 3.72. The van der Waals surface area contributed by atoms with Crippen molar-refractivity contribution in [1.29, 1.82) is 0 Å². The first-order valence-electron chi connectivity index (χ1n) is 1.01. The van der Waals surface area contributed by atoms with Gasteiger partial charge in [-0.3, -0.25) is 0 Å². The molecule has 0 bridgehead atoms. The SMILES string of the molecule is [F][Sb-]([F])([F])([F])([F])[F].[Li+]. The zero-order chi connectivity index (χ0) is 6.41. The molecule has 0 aliphatic rings. The molecule has 0 rings (SSSR count). The molecule has 0 heterocycles. The molecule has 0 aliphatic carbocycles. The van der Waals surface area contributed by atoms with Crippen molar-refractivity contribution in [2.75, 3.05) is 0 Å². The van der Waals surface area contributed by atoms with Gasteiger partial charge in [0.15, 0.2) is 0 Å². The predicted molar refractivity (Wildman–Crippen MR) is 12.4 cm³/mol. The van der Waals surface area contributed by atoms with Crippen LogP contribution in [0.25, 0.3) is 0 Å². The van der Waals surface area contributed by atoms with Crippen molar-refractivity contribution in [3.63, 3.8) is 0 Å². The van der Waals surface area contributed by atoms with Crippen LogP contribution >= 0.6 is 0 Å². The maximum absolute atomic E-state index is 11.2. The standard InChI is InChI=1S/6FH.Li.Sb/h6*1H;;/q;;;;;;+1;+5/p-6. The molecule has 0 nitrogen and oxygen atoms in total. The van der Waals surface area contributed by atoms with Crippen LogP contribution in [0.1, 0.15) is 0 Å². The molecule has 0 spiro atoms. The Morgan fingerprint density at radius 3 is 0.625 bits per heavy atom. The minimum atomic E-state index is -11.2. The summed E-state index contributed by atoms with van der Waals surface area (Å²) in [6.07, 6.45) is 0. The van der Waals surface area contributed by atoms with Crippen molar-refractivity contribution in [3.05, 3.63) is 0 Å². The third-order valence-electron chi connectivity index (χ3n) is 0. The first-order chi connectivity index (χ1) is 2.45. The van der Waals surface area contributed by atoms with E-state index in [1.165, 1.54) is 0 Å². The van der Waals surface area contributed by atoms with Crippen molar-refractivity contribution in [2.45, 2.75) is 0 Å². The number of rotatable bonds is 0. The summed E-state index contributed by atoms with van der Waals surface area (Å²) in [5.41, 5.74) is 0. The number of hydrogen-bond acceptors (Lipinski definition) is 0. The second kappa shape index (κ2) is 1.53. The zero-order valence-corrected chi connectivity index (χ0v) is 6.27. The van der Waals surface area contributed by atoms with Crippen LogP contribution in [-0.2, 0) is 0 Å². The molecule has 8 heteroatoms. The molecule has 0 aliphatic heterocycles. The van der Waals surface area contributed by atoms with Crippen molar-refractivity contribution in [1.82, 2.24) is 0 Å². The minimum Gasteiger partial charge on any atom is 1.00 e. The molecular formula is F6LiSb. The molecular weight excluding hydrogens is 243 g/mol. The summed E-state index contributed by atoms with van der Waals surface area (Å²) in [5.74, 6) is 0. The van der Waals surface area contributed by atoms with Gasteiger partial charge in [0.25, 0.3) is 0 Å². The van der Waals surface area contributed by atoms with E-state index in [1.54, 1.807) is 0 Å². The van der Waals surface area contributed by atoms with Crippen molar-refractivity contribution in [2.24, 2.45) is 0 Å². The maximum atomic E-state index is 9.93. The van der Waals surface area contributed by atoms with Crippen LogP contribution < -0.4 is 18.9 Å². The quantitative estimate of drug-likeness (QED) is 0.383. The maximum Gasteiger partial charge on any atom is 1.00 e. The minimum absolute atomic E-state index is 0. The van der Waals surface area contributed by atoms with Crippen molar-refractivity contribution >= 4 is 19.5 Å². The van der Waals surface area contributed by atoms with E-state index >= 15 is 0 Å². The van der Waals surface area contributed by atoms with E-state index in [-0.39, 0.29) is 18.9 Å². The average molecular weight is 243 g/mol. The van der Waals surface area contributed by atoms with Gasteiger partial charge in [-0.2, -0.15) is 0 Å². The molecule has 0 radical (unpaired) electrons. The van der Waals surface area contributed by atoms with Crippen LogP contribution in [0.15, 0.2) is 0 Å². The van der Waals surface area contributed by atoms with E-state index in [0.29, 0.717) is 0 Å². The van der Waals surface area contributed by atoms with Crippen LogP contribution in [0, 0.1) is 0 Å². The van der Waals surface area contributed by atoms with E-state index in [0.717, 1.165) is 0 Å². The molecule has 0 aromatic heterocycles. The first-order valence-corrected chi connectivity index (χ1v) is 6.80. The fraction of sp³-hybridized carbons (Fsp3) is 0. The Balaban J connectivity index is 0.